The van der Waals surface area contributed by atoms with E-state index in [1.54, 1.807) is 0 Å². The molecule has 0 spiro atoms. The predicted octanol–water partition coefficient (Wildman–Crippen LogP) is 1.96. The van der Waals surface area contributed by atoms with E-state index in [2.05, 4.69) is 0 Å². The van der Waals surface area contributed by atoms with E-state index in [0.29, 0.717) is 12.0 Å². The maximum absolute atomic E-state index is 5.44. The van der Waals surface area contributed by atoms with Crippen LogP contribution in [0.1, 0.15) is 12.8 Å². The van der Waals surface area contributed by atoms with Crippen LogP contribution in [0.5, 0.6) is 0 Å². The number of hydrogen-bond acceptors (Lipinski definition) is 1. The van der Waals surface area contributed by atoms with Crippen LogP contribution in [0.25, 0.3) is 0 Å². The van der Waals surface area contributed by atoms with Crippen molar-refractivity contribution in [3.05, 3.63) is 12.2 Å². The van der Waals surface area contributed by atoms with Gasteiger partial charge in [0, 0.05) is 12.5 Å². The number of halogens is 1. The van der Waals surface area contributed by atoms with Gasteiger partial charge in [0.1, 0.15) is 0 Å². The van der Waals surface area contributed by atoms with E-state index in [4.69, 9.17) is 16.3 Å². The summed E-state index contributed by atoms with van der Waals surface area (Å²) in [6.45, 7) is 0.914. The van der Waals surface area contributed by atoms with Gasteiger partial charge in [0.05, 0.1) is 6.10 Å². The van der Waals surface area contributed by atoms with Gasteiger partial charge in [-0.15, -0.1) is 11.6 Å². The summed E-state index contributed by atoms with van der Waals surface area (Å²) in [6.07, 6.45) is 6.69. The molecular formula is C7H11ClO. The zero-order valence-corrected chi connectivity index (χ0v) is 6.10. The van der Waals surface area contributed by atoms with E-state index in [0.717, 1.165) is 13.0 Å². The molecule has 0 aromatic rings. The quantitative estimate of drug-likeness (QED) is 0.428. The minimum Gasteiger partial charge on any atom is -0.374 e. The average molecular weight is 147 g/mol. The minimum atomic E-state index is 0.351. The molecule has 0 aromatic carbocycles. The van der Waals surface area contributed by atoms with Crippen LogP contribution in [0.15, 0.2) is 12.2 Å². The van der Waals surface area contributed by atoms with Gasteiger partial charge in [-0.25, -0.2) is 0 Å². The maximum Gasteiger partial charge on any atom is 0.0757 e. The van der Waals surface area contributed by atoms with E-state index in [1.165, 1.54) is 6.42 Å². The van der Waals surface area contributed by atoms with Crippen LogP contribution >= 0.6 is 11.6 Å². The van der Waals surface area contributed by atoms with Crippen molar-refractivity contribution in [2.75, 3.05) is 12.5 Å². The molecule has 1 aliphatic heterocycles. The van der Waals surface area contributed by atoms with Crippen molar-refractivity contribution in [1.82, 2.24) is 0 Å². The van der Waals surface area contributed by atoms with Crippen molar-refractivity contribution >= 4 is 11.6 Å². The first kappa shape index (κ1) is 7.10. The fourth-order valence-electron chi connectivity index (χ4n) is 0.958. The predicted molar refractivity (Wildman–Crippen MR) is 38.8 cm³/mol. The zero-order valence-electron chi connectivity index (χ0n) is 5.35. The fourth-order valence-corrected chi connectivity index (χ4v) is 1.06. The molecule has 2 heteroatoms. The number of rotatable bonds is 2. The van der Waals surface area contributed by atoms with Gasteiger partial charge < -0.3 is 4.74 Å². The largest absolute Gasteiger partial charge is 0.374 e. The second kappa shape index (κ2) is 3.91. The molecule has 0 amide bonds. The monoisotopic (exact) mass is 146 g/mol. The van der Waals surface area contributed by atoms with Gasteiger partial charge in [-0.1, -0.05) is 12.2 Å². The molecule has 1 nitrogen and oxygen atoms in total. The van der Waals surface area contributed by atoms with E-state index in [1.807, 2.05) is 12.2 Å². The van der Waals surface area contributed by atoms with Crippen LogP contribution in [-0.4, -0.2) is 18.6 Å². The van der Waals surface area contributed by atoms with Gasteiger partial charge in [0.2, 0.25) is 0 Å². The molecular weight excluding hydrogens is 136 g/mol. The van der Waals surface area contributed by atoms with Crippen molar-refractivity contribution < 1.29 is 4.74 Å². The summed E-state index contributed by atoms with van der Waals surface area (Å²) < 4.78 is 5.31. The Morgan fingerprint density at radius 3 is 3.11 bits per heavy atom. The minimum absolute atomic E-state index is 0.351. The van der Waals surface area contributed by atoms with Crippen LogP contribution in [0.2, 0.25) is 0 Å². The Bertz CT molecular complexity index is 95.1. The van der Waals surface area contributed by atoms with Crippen LogP contribution in [0, 0.1) is 0 Å². The number of alkyl halides is 1. The first-order valence-electron chi connectivity index (χ1n) is 3.27. The zero-order chi connectivity index (χ0) is 6.53. The van der Waals surface area contributed by atoms with E-state index >= 15 is 0 Å². The van der Waals surface area contributed by atoms with Gasteiger partial charge in [0.25, 0.3) is 0 Å². The van der Waals surface area contributed by atoms with Crippen molar-refractivity contribution in [3.63, 3.8) is 0 Å². The Hall–Kier alpha value is -0.0100. The van der Waals surface area contributed by atoms with Crippen LogP contribution in [0.3, 0.4) is 0 Å². The SMILES string of the molecule is ClC/C=C/C1CCCO1. The third-order valence-electron chi connectivity index (χ3n) is 1.40. The summed E-state index contributed by atoms with van der Waals surface area (Å²) in [5.41, 5.74) is 0. The summed E-state index contributed by atoms with van der Waals surface area (Å²) in [5, 5.41) is 0. The first-order chi connectivity index (χ1) is 4.43. The molecule has 0 N–H and O–H groups in total. The second-order valence-corrected chi connectivity index (χ2v) is 2.44. The highest BCUT2D eigenvalue weighted by molar-refractivity contribution is 6.18. The van der Waals surface area contributed by atoms with Gasteiger partial charge >= 0.3 is 0 Å². The van der Waals surface area contributed by atoms with Crippen LogP contribution < -0.4 is 0 Å². The molecule has 1 rings (SSSR count). The molecule has 52 valence electrons. The van der Waals surface area contributed by atoms with Gasteiger partial charge in [-0.3, -0.25) is 0 Å². The van der Waals surface area contributed by atoms with E-state index < -0.39 is 0 Å². The Morgan fingerprint density at radius 1 is 1.67 bits per heavy atom. The number of hydrogen-bond donors (Lipinski definition) is 0. The standard InChI is InChI=1S/C7H11ClO/c8-5-1-3-7-4-2-6-9-7/h1,3,7H,2,4-6H2/b3-1+. The molecule has 0 aromatic heterocycles. The molecule has 0 saturated carbocycles. The number of ether oxygens (including phenoxy) is 1. The topological polar surface area (TPSA) is 9.23 Å². The summed E-state index contributed by atoms with van der Waals surface area (Å²) in [5.74, 6) is 0.597. The first-order valence-corrected chi connectivity index (χ1v) is 3.81. The normalized spacial score (nSPS) is 27.9. The number of allylic oxidation sites excluding steroid dienone is 1. The lowest BCUT2D eigenvalue weighted by Gasteiger charge is -1.99. The summed E-state index contributed by atoms with van der Waals surface area (Å²) in [4.78, 5) is 0. The lowest BCUT2D eigenvalue weighted by atomic mass is 10.2. The van der Waals surface area contributed by atoms with Crippen molar-refractivity contribution in [3.8, 4) is 0 Å². The van der Waals surface area contributed by atoms with Gasteiger partial charge in [-0.05, 0) is 12.8 Å². The molecule has 1 aliphatic rings. The molecule has 1 atom stereocenters. The van der Waals surface area contributed by atoms with Crippen molar-refractivity contribution in [2.24, 2.45) is 0 Å². The third kappa shape index (κ3) is 2.37. The lowest BCUT2D eigenvalue weighted by molar-refractivity contribution is 0.145. The Balaban J connectivity index is 2.18. The fraction of sp³-hybridized carbons (Fsp3) is 0.714. The third-order valence-corrected chi connectivity index (χ3v) is 1.58. The van der Waals surface area contributed by atoms with Crippen LogP contribution in [0.4, 0.5) is 0 Å². The molecule has 1 saturated heterocycles. The highest BCUT2D eigenvalue weighted by Gasteiger charge is 2.10. The van der Waals surface area contributed by atoms with Crippen molar-refractivity contribution in [1.29, 1.82) is 0 Å². The molecule has 0 bridgehead atoms. The summed E-state index contributed by atoms with van der Waals surface area (Å²) in [6, 6.07) is 0. The molecule has 0 radical (unpaired) electrons. The molecule has 1 fully saturated rings. The second-order valence-electron chi connectivity index (χ2n) is 2.13. The lowest BCUT2D eigenvalue weighted by Crippen LogP contribution is -1.98. The summed E-state index contributed by atoms with van der Waals surface area (Å²) in [7, 11) is 0. The molecule has 1 unspecified atom stereocenters. The van der Waals surface area contributed by atoms with Gasteiger partial charge in [0.15, 0.2) is 0 Å². The molecule has 0 aliphatic carbocycles. The van der Waals surface area contributed by atoms with Crippen molar-refractivity contribution in [2.45, 2.75) is 18.9 Å². The Kier molecular flexibility index (Phi) is 3.09. The Labute approximate surface area is 60.7 Å². The average Bonchev–Trinajstić information content (AvgIpc) is 2.34. The smallest absolute Gasteiger partial charge is 0.0757 e. The Morgan fingerprint density at radius 2 is 2.56 bits per heavy atom. The highest BCUT2D eigenvalue weighted by atomic mass is 35.5. The maximum atomic E-state index is 5.44. The van der Waals surface area contributed by atoms with Crippen LogP contribution in [-0.2, 0) is 4.74 Å². The van der Waals surface area contributed by atoms with E-state index in [9.17, 15) is 0 Å². The van der Waals surface area contributed by atoms with Gasteiger partial charge in [-0.2, -0.15) is 0 Å². The highest BCUT2D eigenvalue weighted by Crippen LogP contribution is 2.12. The van der Waals surface area contributed by atoms with E-state index in [-0.39, 0.29) is 0 Å². The molecule has 1 heterocycles. The summed E-state index contributed by atoms with van der Waals surface area (Å²) >= 11 is 5.44. The molecule has 9 heavy (non-hydrogen) atoms.